The third kappa shape index (κ3) is 8.08. The van der Waals surface area contributed by atoms with E-state index < -0.39 is 31.5 Å². The first kappa shape index (κ1) is 24.9. The molecule has 0 aliphatic rings. The first-order valence-corrected chi connectivity index (χ1v) is 12.1. The minimum atomic E-state index is -2.00. The maximum absolute atomic E-state index is 12.6. The van der Waals surface area contributed by atoms with Gasteiger partial charge in [-0.15, -0.1) is 0 Å². The summed E-state index contributed by atoms with van der Waals surface area (Å²) in [5, 5.41) is 9.00. The topological polar surface area (TPSA) is 76.1 Å². The fourth-order valence-electron chi connectivity index (χ4n) is 2.06. The number of carbonyl (C=O) groups is 2. The van der Waals surface area contributed by atoms with Crippen molar-refractivity contribution in [1.82, 2.24) is 4.90 Å². The molecular weight excluding hydrogens is 350 g/mol. The van der Waals surface area contributed by atoms with Crippen molar-refractivity contribution < 1.29 is 23.9 Å². The molecule has 0 spiro atoms. The summed E-state index contributed by atoms with van der Waals surface area (Å²) in [5.41, 5.74) is -1.22. The average Bonchev–Trinajstić information content (AvgIpc) is 2.41. The van der Waals surface area contributed by atoms with E-state index in [2.05, 4.69) is 33.9 Å². The third-order valence-electron chi connectivity index (χ3n) is 5.13. The lowest BCUT2D eigenvalue weighted by Crippen LogP contribution is -2.54. The summed E-state index contributed by atoms with van der Waals surface area (Å²) < 4.78 is 11.9. The minimum Gasteiger partial charge on any atom is -0.481 e. The van der Waals surface area contributed by atoms with E-state index in [1.54, 1.807) is 11.9 Å². The second-order valence-corrected chi connectivity index (χ2v) is 14.6. The summed E-state index contributed by atoms with van der Waals surface area (Å²) >= 11 is 0. The first-order chi connectivity index (χ1) is 11.4. The lowest BCUT2D eigenvalue weighted by atomic mass is 9.94. The van der Waals surface area contributed by atoms with Crippen molar-refractivity contribution in [3.63, 3.8) is 0 Å². The van der Waals surface area contributed by atoms with Crippen LogP contribution in [0.1, 0.15) is 67.7 Å². The number of aliphatic carboxylic acids is 1. The molecule has 1 amide bonds. The van der Waals surface area contributed by atoms with Gasteiger partial charge in [-0.05, 0) is 58.7 Å². The SMILES string of the molecule is CN(C(=O)OC(C)(C)C)C(C)(CCCC(=O)O)CO[Si](C)(C)C(C)(C)C. The van der Waals surface area contributed by atoms with Crippen molar-refractivity contribution >= 4 is 20.4 Å². The predicted molar refractivity (Wildman–Crippen MR) is 107 cm³/mol. The maximum atomic E-state index is 12.6. The van der Waals surface area contributed by atoms with Gasteiger partial charge in [0.05, 0.1) is 12.1 Å². The molecule has 1 atom stereocenters. The molecule has 0 fully saturated rings. The Kier molecular flexibility index (Phi) is 8.37. The van der Waals surface area contributed by atoms with Crippen LogP contribution >= 0.6 is 0 Å². The number of carboxylic acid groups (broad SMARTS) is 1. The first-order valence-electron chi connectivity index (χ1n) is 9.24. The van der Waals surface area contributed by atoms with Gasteiger partial charge in [-0.1, -0.05) is 20.8 Å². The van der Waals surface area contributed by atoms with E-state index in [9.17, 15) is 9.59 Å². The van der Waals surface area contributed by atoms with Crippen LogP contribution in [0.4, 0.5) is 4.79 Å². The molecule has 0 saturated carbocycles. The molecule has 0 aromatic carbocycles. The van der Waals surface area contributed by atoms with Gasteiger partial charge in [0, 0.05) is 13.5 Å². The van der Waals surface area contributed by atoms with Crippen molar-refractivity contribution in [1.29, 1.82) is 0 Å². The number of likely N-dealkylation sites (N-methyl/N-ethyl adjacent to an activating group) is 1. The fraction of sp³-hybridized carbons (Fsp3) is 0.895. The highest BCUT2D eigenvalue weighted by molar-refractivity contribution is 6.74. The molecule has 0 aromatic rings. The molecule has 0 radical (unpaired) electrons. The average molecular weight is 390 g/mol. The van der Waals surface area contributed by atoms with E-state index in [4.69, 9.17) is 14.3 Å². The van der Waals surface area contributed by atoms with Crippen LogP contribution in [-0.4, -0.2) is 55.2 Å². The zero-order chi connectivity index (χ0) is 21.0. The molecule has 0 aliphatic carbocycles. The Bertz CT molecular complexity index is 493. The van der Waals surface area contributed by atoms with Crippen LogP contribution in [0.25, 0.3) is 0 Å². The predicted octanol–water partition coefficient (Wildman–Crippen LogP) is 4.89. The quantitative estimate of drug-likeness (QED) is 0.598. The standard InChI is InChI=1S/C19H39NO5Si/c1-17(2,3)25-16(23)20(8)19(7,13-11-12-15(21)22)14-24-26(9,10)18(4,5)6/h11-14H2,1-10H3,(H,21,22). The Morgan fingerprint density at radius 1 is 1.04 bits per heavy atom. The molecule has 1 N–H and O–H groups in total. The van der Waals surface area contributed by atoms with Crippen molar-refractivity contribution in [2.45, 2.75) is 97.0 Å². The molecule has 1 unspecified atom stereocenters. The number of carboxylic acids is 1. The van der Waals surface area contributed by atoms with Crippen LogP contribution in [0.15, 0.2) is 0 Å². The number of carbonyl (C=O) groups excluding carboxylic acids is 1. The molecule has 0 saturated heterocycles. The van der Waals surface area contributed by atoms with Gasteiger partial charge in [-0.25, -0.2) is 4.79 Å². The second kappa shape index (κ2) is 8.74. The molecule has 7 heteroatoms. The van der Waals surface area contributed by atoms with Gasteiger partial charge in [0.2, 0.25) is 0 Å². The molecule has 6 nitrogen and oxygen atoms in total. The molecular formula is C19H39NO5Si. The Morgan fingerprint density at radius 3 is 1.92 bits per heavy atom. The van der Waals surface area contributed by atoms with Crippen LogP contribution in [-0.2, 0) is 14.0 Å². The number of hydrogen-bond donors (Lipinski definition) is 1. The summed E-state index contributed by atoms with van der Waals surface area (Å²) in [5.74, 6) is -0.836. The zero-order valence-electron chi connectivity index (χ0n) is 18.4. The van der Waals surface area contributed by atoms with Gasteiger partial charge in [0.25, 0.3) is 0 Å². The van der Waals surface area contributed by atoms with Crippen LogP contribution in [0.3, 0.4) is 0 Å². The number of amides is 1. The zero-order valence-corrected chi connectivity index (χ0v) is 19.4. The Labute approximate surface area is 160 Å². The molecule has 26 heavy (non-hydrogen) atoms. The van der Waals surface area contributed by atoms with Crippen molar-refractivity contribution in [3.05, 3.63) is 0 Å². The maximum Gasteiger partial charge on any atom is 0.410 e. The summed E-state index contributed by atoms with van der Waals surface area (Å²) in [6.07, 6.45) is 0.649. The van der Waals surface area contributed by atoms with Gasteiger partial charge in [0.1, 0.15) is 5.60 Å². The normalized spacial score (nSPS) is 15.3. The van der Waals surface area contributed by atoms with Crippen LogP contribution in [0.5, 0.6) is 0 Å². The molecule has 0 bridgehead atoms. The Morgan fingerprint density at radius 2 is 1.54 bits per heavy atom. The molecule has 0 aromatic heterocycles. The largest absolute Gasteiger partial charge is 0.481 e. The van der Waals surface area contributed by atoms with Gasteiger partial charge in [-0.3, -0.25) is 4.79 Å². The highest BCUT2D eigenvalue weighted by Crippen LogP contribution is 2.38. The van der Waals surface area contributed by atoms with E-state index in [1.165, 1.54) is 0 Å². The van der Waals surface area contributed by atoms with E-state index in [0.717, 1.165) is 0 Å². The van der Waals surface area contributed by atoms with E-state index in [-0.39, 0.29) is 11.5 Å². The number of hydrogen-bond acceptors (Lipinski definition) is 4. The van der Waals surface area contributed by atoms with Gasteiger partial charge >= 0.3 is 12.1 Å². The molecule has 154 valence electrons. The highest BCUT2D eigenvalue weighted by Gasteiger charge is 2.41. The van der Waals surface area contributed by atoms with E-state index in [0.29, 0.717) is 19.4 Å². The summed E-state index contributed by atoms with van der Waals surface area (Å²) in [6.45, 7) is 18.6. The number of rotatable bonds is 8. The molecule has 0 heterocycles. The van der Waals surface area contributed by atoms with Gasteiger partial charge in [0.15, 0.2) is 8.32 Å². The van der Waals surface area contributed by atoms with E-state index >= 15 is 0 Å². The lowest BCUT2D eigenvalue weighted by molar-refractivity contribution is -0.137. The number of ether oxygens (including phenoxy) is 1. The van der Waals surface area contributed by atoms with Gasteiger partial charge in [-0.2, -0.15) is 0 Å². The third-order valence-corrected chi connectivity index (χ3v) is 9.61. The van der Waals surface area contributed by atoms with Crippen molar-refractivity contribution in [2.75, 3.05) is 13.7 Å². The molecule has 0 aliphatic heterocycles. The highest BCUT2D eigenvalue weighted by atomic mass is 28.4. The lowest BCUT2D eigenvalue weighted by Gasteiger charge is -2.44. The van der Waals surface area contributed by atoms with Crippen molar-refractivity contribution in [2.24, 2.45) is 0 Å². The van der Waals surface area contributed by atoms with E-state index in [1.807, 2.05) is 27.7 Å². The van der Waals surface area contributed by atoms with Crippen LogP contribution in [0, 0.1) is 0 Å². The van der Waals surface area contributed by atoms with Gasteiger partial charge < -0.3 is 19.2 Å². The fourth-order valence-corrected chi connectivity index (χ4v) is 3.17. The summed E-state index contributed by atoms with van der Waals surface area (Å²) in [4.78, 5) is 25.0. The molecule has 0 rings (SSSR count). The number of nitrogens with zero attached hydrogens (tertiary/aromatic N) is 1. The minimum absolute atomic E-state index is 0.0550. The smallest absolute Gasteiger partial charge is 0.410 e. The Balaban J connectivity index is 5.34. The summed E-state index contributed by atoms with van der Waals surface area (Å²) in [6, 6.07) is 0. The summed E-state index contributed by atoms with van der Waals surface area (Å²) in [7, 11) is -0.300. The monoisotopic (exact) mass is 389 g/mol. The van der Waals surface area contributed by atoms with Crippen LogP contribution < -0.4 is 0 Å². The van der Waals surface area contributed by atoms with Crippen LogP contribution in [0.2, 0.25) is 18.1 Å². The van der Waals surface area contributed by atoms with Crippen molar-refractivity contribution in [3.8, 4) is 0 Å². The Hall–Kier alpha value is -1.08. The second-order valence-electron chi connectivity index (χ2n) is 9.83.